The smallest absolute Gasteiger partial charge is 0.284 e. The zero-order valence-electron chi connectivity index (χ0n) is 7.10. The third kappa shape index (κ3) is 1.54. The van der Waals surface area contributed by atoms with Crippen LogP contribution in [0.5, 0.6) is 0 Å². The van der Waals surface area contributed by atoms with Gasteiger partial charge in [0.1, 0.15) is 5.82 Å². The van der Waals surface area contributed by atoms with Gasteiger partial charge < -0.3 is 10.0 Å². The van der Waals surface area contributed by atoms with Crippen molar-refractivity contribution in [1.82, 2.24) is 14.3 Å². The number of aliphatic hydroxyl groups excluding tert-OH is 1. The normalized spacial score (nSPS) is 17.2. The van der Waals surface area contributed by atoms with Crippen LogP contribution in [0.15, 0.2) is 0 Å². The van der Waals surface area contributed by atoms with Crippen LogP contribution in [-0.2, 0) is 0 Å². The molecule has 0 aliphatic carbocycles. The number of β-amino-alcohol motifs (C(OH)–C–C–N with tert-alkyl or cyclic N) is 1. The largest absolute Gasteiger partial charge is 0.389 e. The number of aryl methyl sites for hydroxylation is 1. The van der Waals surface area contributed by atoms with E-state index in [0.717, 1.165) is 11.5 Å². The molecule has 13 heavy (non-hydrogen) atoms. The summed E-state index contributed by atoms with van der Waals surface area (Å²) in [4.78, 5) is 17.0. The highest BCUT2D eigenvalue weighted by atomic mass is 32.1. The third-order valence-corrected chi connectivity index (χ3v) is 2.65. The minimum Gasteiger partial charge on any atom is -0.389 e. The average molecular weight is 199 g/mol. The van der Waals surface area contributed by atoms with E-state index in [1.165, 1.54) is 0 Å². The molecule has 6 heteroatoms. The van der Waals surface area contributed by atoms with Crippen LogP contribution in [0.25, 0.3) is 0 Å². The van der Waals surface area contributed by atoms with Gasteiger partial charge in [0.25, 0.3) is 5.91 Å². The van der Waals surface area contributed by atoms with Crippen molar-refractivity contribution in [3.8, 4) is 0 Å². The molecule has 2 heterocycles. The van der Waals surface area contributed by atoms with Gasteiger partial charge in [0.15, 0.2) is 0 Å². The number of nitrogens with zero attached hydrogens (tertiary/aromatic N) is 3. The lowest BCUT2D eigenvalue weighted by Gasteiger charge is -2.34. The van der Waals surface area contributed by atoms with Crippen LogP contribution in [-0.4, -0.2) is 44.5 Å². The lowest BCUT2D eigenvalue weighted by Crippen LogP contribution is -2.53. The first-order valence-electron chi connectivity index (χ1n) is 3.94. The SMILES string of the molecule is Cc1nsc(C(=O)N2CC(O)C2)n1. The summed E-state index contributed by atoms with van der Waals surface area (Å²) < 4.78 is 3.92. The Morgan fingerprint density at radius 1 is 1.69 bits per heavy atom. The fourth-order valence-electron chi connectivity index (χ4n) is 1.14. The molecule has 1 aliphatic heterocycles. The van der Waals surface area contributed by atoms with E-state index in [2.05, 4.69) is 9.36 Å². The number of carbonyl (C=O) groups is 1. The average Bonchev–Trinajstić information content (AvgIpc) is 2.45. The second-order valence-corrected chi connectivity index (χ2v) is 3.76. The highest BCUT2D eigenvalue weighted by Gasteiger charge is 2.31. The Labute approximate surface area is 79.2 Å². The van der Waals surface area contributed by atoms with Gasteiger partial charge in [-0.05, 0) is 18.5 Å². The quantitative estimate of drug-likeness (QED) is 0.672. The van der Waals surface area contributed by atoms with Crippen molar-refractivity contribution in [3.63, 3.8) is 0 Å². The molecule has 0 spiro atoms. The van der Waals surface area contributed by atoms with Crippen LogP contribution in [0, 0.1) is 6.92 Å². The van der Waals surface area contributed by atoms with Gasteiger partial charge >= 0.3 is 0 Å². The van der Waals surface area contributed by atoms with E-state index >= 15 is 0 Å². The zero-order chi connectivity index (χ0) is 9.42. The maximum Gasteiger partial charge on any atom is 0.284 e. The van der Waals surface area contributed by atoms with E-state index in [4.69, 9.17) is 5.11 Å². The molecule has 1 aromatic heterocycles. The molecular weight excluding hydrogens is 190 g/mol. The molecular formula is C7H9N3O2S. The number of amides is 1. The van der Waals surface area contributed by atoms with E-state index in [9.17, 15) is 4.79 Å². The molecule has 0 bridgehead atoms. The molecule has 70 valence electrons. The number of likely N-dealkylation sites (tertiary alicyclic amines) is 1. The molecule has 1 amide bonds. The van der Waals surface area contributed by atoms with Crippen molar-refractivity contribution in [1.29, 1.82) is 0 Å². The maximum atomic E-state index is 11.5. The molecule has 1 N–H and O–H groups in total. The molecule has 1 saturated heterocycles. The van der Waals surface area contributed by atoms with Crippen molar-refractivity contribution in [3.05, 3.63) is 10.8 Å². The Morgan fingerprint density at radius 3 is 2.85 bits per heavy atom. The third-order valence-electron chi connectivity index (χ3n) is 1.86. The standard InChI is InChI=1S/C7H9N3O2S/c1-4-8-6(13-9-4)7(12)10-2-5(11)3-10/h5,11H,2-3H2,1H3. The number of rotatable bonds is 1. The zero-order valence-corrected chi connectivity index (χ0v) is 7.91. The fraction of sp³-hybridized carbons (Fsp3) is 0.571. The summed E-state index contributed by atoms with van der Waals surface area (Å²) in [6.07, 6.45) is -0.363. The van der Waals surface area contributed by atoms with Gasteiger partial charge in [-0.3, -0.25) is 4.79 Å². The molecule has 0 atom stereocenters. The number of hydrogen-bond acceptors (Lipinski definition) is 5. The number of aliphatic hydroxyl groups is 1. The Hall–Kier alpha value is -1.01. The lowest BCUT2D eigenvalue weighted by atomic mass is 10.2. The first-order chi connectivity index (χ1) is 6.16. The second-order valence-electron chi connectivity index (χ2n) is 3.01. The van der Waals surface area contributed by atoms with E-state index in [0.29, 0.717) is 23.9 Å². The Bertz CT molecular complexity index is 332. The highest BCUT2D eigenvalue weighted by Crippen LogP contribution is 2.14. The molecule has 1 aliphatic rings. The van der Waals surface area contributed by atoms with Crippen molar-refractivity contribution in [2.75, 3.05) is 13.1 Å². The maximum absolute atomic E-state index is 11.5. The highest BCUT2D eigenvalue weighted by molar-refractivity contribution is 7.07. The molecule has 0 aromatic carbocycles. The summed E-state index contributed by atoms with van der Waals surface area (Å²) >= 11 is 1.10. The van der Waals surface area contributed by atoms with E-state index in [1.807, 2.05) is 0 Å². The Morgan fingerprint density at radius 2 is 2.38 bits per heavy atom. The van der Waals surface area contributed by atoms with Gasteiger partial charge in [-0.1, -0.05) is 0 Å². The molecule has 1 aromatic rings. The predicted molar refractivity (Wildman–Crippen MR) is 46.6 cm³/mol. The topological polar surface area (TPSA) is 66.3 Å². The minimum atomic E-state index is -0.363. The Kier molecular flexibility index (Phi) is 2.01. The molecule has 1 fully saturated rings. The van der Waals surface area contributed by atoms with E-state index < -0.39 is 0 Å². The number of hydrogen-bond donors (Lipinski definition) is 1. The Balaban J connectivity index is 2.06. The number of aromatic nitrogens is 2. The van der Waals surface area contributed by atoms with Crippen molar-refractivity contribution in [2.24, 2.45) is 0 Å². The van der Waals surface area contributed by atoms with Crippen LogP contribution in [0.4, 0.5) is 0 Å². The van der Waals surface area contributed by atoms with Gasteiger partial charge in [-0.15, -0.1) is 0 Å². The first kappa shape index (κ1) is 8.58. The monoisotopic (exact) mass is 199 g/mol. The van der Waals surface area contributed by atoms with Gasteiger partial charge in [-0.25, -0.2) is 4.98 Å². The summed E-state index contributed by atoms with van der Waals surface area (Å²) in [5.41, 5.74) is 0. The summed E-state index contributed by atoms with van der Waals surface area (Å²) in [5.74, 6) is 0.491. The molecule has 5 nitrogen and oxygen atoms in total. The summed E-state index contributed by atoms with van der Waals surface area (Å²) in [5, 5.41) is 9.40. The second kappa shape index (κ2) is 3.04. The predicted octanol–water partition coefficient (Wildman–Crippen LogP) is -0.337. The number of carbonyl (C=O) groups excluding carboxylic acids is 1. The van der Waals surface area contributed by atoms with E-state index in [-0.39, 0.29) is 12.0 Å². The summed E-state index contributed by atoms with van der Waals surface area (Å²) in [6, 6.07) is 0. The van der Waals surface area contributed by atoms with Crippen LogP contribution in [0.1, 0.15) is 15.6 Å². The van der Waals surface area contributed by atoms with E-state index in [1.54, 1.807) is 11.8 Å². The summed E-state index contributed by atoms with van der Waals surface area (Å²) in [6.45, 7) is 2.58. The fourth-order valence-corrected chi connectivity index (χ4v) is 1.78. The van der Waals surface area contributed by atoms with Gasteiger partial charge in [-0.2, -0.15) is 4.37 Å². The molecule has 0 radical (unpaired) electrons. The van der Waals surface area contributed by atoms with Crippen molar-refractivity contribution < 1.29 is 9.90 Å². The first-order valence-corrected chi connectivity index (χ1v) is 4.72. The van der Waals surface area contributed by atoms with Gasteiger partial charge in [0.05, 0.1) is 6.10 Å². The van der Waals surface area contributed by atoms with Crippen LogP contribution < -0.4 is 0 Å². The van der Waals surface area contributed by atoms with Crippen molar-refractivity contribution in [2.45, 2.75) is 13.0 Å². The van der Waals surface area contributed by atoms with Crippen LogP contribution in [0.3, 0.4) is 0 Å². The van der Waals surface area contributed by atoms with Crippen LogP contribution in [0.2, 0.25) is 0 Å². The van der Waals surface area contributed by atoms with Crippen LogP contribution >= 0.6 is 11.5 Å². The molecule has 0 saturated carbocycles. The van der Waals surface area contributed by atoms with Gasteiger partial charge in [0.2, 0.25) is 5.01 Å². The minimum absolute atomic E-state index is 0.129. The summed E-state index contributed by atoms with van der Waals surface area (Å²) in [7, 11) is 0. The molecule has 0 unspecified atom stereocenters. The van der Waals surface area contributed by atoms with Gasteiger partial charge in [0, 0.05) is 13.1 Å². The lowest BCUT2D eigenvalue weighted by molar-refractivity contribution is 0.00587. The molecule has 2 rings (SSSR count). The van der Waals surface area contributed by atoms with Crippen molar-refractivity contribution >= 4 is 17.4 Å².